The van der Waals surface area contributed by atoms with Crippen molar-refractivity contribution in [3.05, 3.63) is 0 Å². The van der Waals surface area contributed by atoms with Crippen LogP contribution in [-0.4, -0.2) is 13.6 Å². The summed E-state index contributed by atoms with van der Waals surface area (Å²) >= 11 is 0. The minimum Gasteiger partial charge on any atom is -0.320 e. The van der Waals surface area contributed by atoms with Crippen molar-refractivity contribution in [3.63, 3.8) is 0 Å². The maximum absolute atomic E-state index is 3.21. The van der Waals surface area contributed by atoms with E-state index in [4.69, 9.17) is 0 Å². The molecule has 0 saturated carbocycles. The fourth-order valence-electron chi connectivity index (χ4n) is 1.88. The second-order valence-electron chi connectivity index (χ2n) is 4.51. The molecular weight excluding hydrogens is 158 g/mol. The molecule has 0 fully saturated rings. The van der Waals surface area contributed by atoms with Crippen molar-refractivity contribution in [2.24, 2.45) is 11.3 Å². The van der Waals surface area contributed by atoms with Crippen molar-refractivity contribution in [1.29, 1.82) is 0 Å². The van der Waals surface area contributed by atoms with E-state index in [1.165, 1.54) is 25.7 Å². The lowest BCUT2D eigenvalue weighted by Gasteiger charge is -2.34. The highest BCUT2D eigenvalue weighted by Gasteiger charge is 2.26. The third-order valence-electron chi connectivity index (χ3n) is 3.87. The van der Waals surface area contributed by atoms with Gasteiger partial charge in [-0.1, -0.05) is 40.5 Å². The predicted octanol–water partition coefficient (Wildman–Crippen LogP) is 3.45. The van der Waals surface area contributed by atoms with Crippen molar-refractivity contribution >= 4 is 0 Å². The lowest BCUT2D eigenvalue weighted by molar-refractivity contribution is 0.171. The molecule has 0 aliphatic heterocycles. The van der Waals surface area contributed by atoms with E-state index in [2.05, 4.69) is 33.0 Å². The quantitative estimate of drug-likeness (QED) is 0.599. The van der Waals surface area contributed by atoms with Crippen LogP contribution in [0.5, 0.6) is 0 Å². The smallest absolute Gasteiger partial charge is 0.00518 e. The van der Waals surface area contributed by atoms with Crippen LogP contribution in [0.3, 0.4) is 0 Å². The van der Waals surface area contributed by atoms with Gasteiger partial charge in [-0.3, -0.25) is 0 Å². The Morgan fingerprint density at radius 3 is 2.15 bits per heavy atom. The summed E-state index contributed by atoms with van der Waals surface area (Å²) in [6.07, 6.45) is 5.29. The van der Waals surface area contributed by atoms with E-state index < -0.39 is 0 Å². The monoisotopic (exact) mass is 185 g/mol. The third kappa shape index (κ3) is 4.12. The van der Waals surface area contributed by atoms with E-state index in [9.17, 15) is 0 Å². The maximum Gasteiger partial charge on any atom is -0.00518 e. The highest BCUT2D eigenvalue weighted by molar-refractivity contribution is 4.77. The summed E-state index contributed by atoms with van der Waals surface area (Å²) in [5, 5.41) is 3.21. The van der Waals surface area contributed by atoms with Crippen LogP contribution in [0, 0.1) is 11.3 Å². The first-order chi connectivity index (χ1) is 6.10. The van der Waals surface area contributed by atoms with Crippen LogP contribution in [0.4, 0.5) is 0 Å². The summed E-state index contributed by atoms with van der Waals surface area (Å²) in [4.78, 5) is 0. The first kappa shape index (κ1) is 13.0. The zero-order chi connectivity index (χ0) is 10.3. The Hall–Kier alpha value is -0.0400. The zero-order valence-electron chi connectivity index (χ0n) is 10.1. The molecule has 0 aliphatic carbocycles. The van der Waals surface area contributed by atoms with E-state index >= 15 is 0 Å². The molecule has 0 radical (unpaired) electrons. The molecule has 0 spiro atoms. The molecule has 0 rings (SSSR count). The minimum atomic E-state index is 0.563. The van der Waals surface area contributed by atoms with Crippen LogP contribution in [-0.2, 0) is 0 Å². The topological polar surface area (TPSA) is 12.0 Å². The molecule has 0 bridgehead atoms. The number of nitrogens with one attached hydrogen (secondary N) is 1. The van der Waals surface area contributed by atoms with Crippen LogP contribution in [0.25, 0.3) is 0 Å². The van der Waals surface area contributed by atoms with E-state index in [0.717, 1.165) is 12.5 Å². The fourth-order valence-corrected chi connectivity index (χ4v) is 1.88. The van der Waals surface area contributed by atoms with E-state index in [1.807, 2.05) is 7.05 Å². The van der Waals surface area contributed by atoms with Gasteiger partial charge in [-0.05, 0) is 37.8 Å². The van der Waals surface area contributed by atoms with Gasteiger partial charge in [-0.2, -0.15) is 0 Å². The van der Waals surface area contributed by atoms with Gasteiger partial charge in [0.15, 0.2) is 0 Å². The zero-order valence-corrected chi connectivity index (χ0v) is 10.1. The fraction of sp³-hybridized carbons (Fsp3) is 1.00. The van der Waals surface area contributed by atoms with Crippen molar-refractivity contribution in [3.8, 4) is 0 Å². The Balaban J connectivity index is 3.84. The summed E-state index contributed by atoms with van der Waals surface area (Å²) in [6.45, 7) is 10.6. The highest BCUT2D eigenvalue weighted by Crippen LogP contribution is 2.36. The molecule has 0 aromatic rings. The van der Waals surface area contributed by atoms with Crippen LogP contribution in [0.15, 0.2) is 0 Å². The largest absolute Gasteiger partial charge is 0.320 e. The van der Waals surface area contributed by atoms with E-state index in [0.29, 0.717) is 5.41 Å². The summed E-state index contributed by atoms with van der Waals surface area (Å²) in [5.74, 6) is 0.857. The molecule has 0 aromatic heterocycles. The molecule has 80 valence electrons. The summed E-state index contributed by atoms with van der Waals surface area (Å²) in [7, 11) is 2.03. The molecule has 0 amide bonds. The molecule has 1 atom stereocenters. The highest BCUT2D eigenvalue weighted by atomic mass is 14.8. The summed E-state index contributed by atoms with van der Waals surface area (Å²) < 4.78 is 0. The molecule has 1 unspecified atom stereocenters. The summed E-state index contributed by atoms with van der Waals surface area (Å²) in [6, 6.07) is 0. The predicted molar refractivity (Wildman–Crippen MR) is 61.0 cm³/mol. The van der Waals surface area contributed by atoms with E-state index in [-0.39, 0.29) is 0 Å². The summed E-state index contributed by atoms with van der Waals surface area (Å²) in [5.41, 5.74) is 0.563. The Morgan fingerprint density at radius 2 is 1.77 bits per heavy atom. The molecular formula is C12H27N. The molecule has 1 nitrogen and oxygen atoms in total. The number of hydrogen-bond donors (Lipinski definition) is 1. The molecule has 0 saturated heterocycles. The number of hydrogen-bond acceptors (Lipinski definition) is 1. The molecule has 0 aliphatic rings. The van der Waals surface area contributed by atoms with Gasteiger partial charge in [0.05, 0.1) is 0 Å². The second kappa shape index (κ2) is 6.42. The second-order valence-corrected chi connectivity index (χ2v) is 4.51. The standard InChI is InChI=1S/C12H27N/c1-6-12(4,7-2)11(3)9-8-10-13-5/h11,13H,6-10H2,1-5H3. The van der Waals surface area contributed by atoms with Crippen LogP contribution in [0.1, 0.15) is 53.4 Å². The van der Waals surface area contributed by atoms with Gasteiger partial charge in [0.1, 0.15) is 0 Å². The third-order valence-corrected chi connectivity index (χ3v) is 3.87. The van der Waals surface area contributed by atoms with Crippen molar-refractivity contribution < 1.29 is 0 Å². The maximum atomic E-state index is 3.21. The molecule has 1 heteroatoms. The molecule has 0 aromatic carbocycles. The SMILES string of the molecule is CCC(C)(CC)C(C)CCCNC. The number of rotatable bonds is 7. The Bertz CT molecular complexity index is 116. The van der Waals surface area contributed by atoms with Crippen molar-refractivity contribution in [2.75, 3.05) is 13.6 Å². The Kier molecular flexibility index (Phi) is 6.40. The minimum absolute atomic E-state index is 0.563. The van der Waals surface area contributed by atoms with Crippen molar-refractivity contribution in [2.45, 2.75) is 53.4 Å². The Labute approximate surface area is 84.3 Å². The first-order valence-corrected chi connectivity index (χ1v) is 5.75. The molecule has 13 heavy (non-hydrogen) atoms. The molecule has 1 N–H and O–H groups in total. The van der Waals surface area contributed by atoms with Gasteiger partial charge in [0.2, 0.25) is 0 Å². The van der Waals surface area contributed by atoms with Gasteiger partial charge in [0, 0.05) is 0 Å². The van der Waals surface area contributed by atoms with Gasteiger partial charge < -0.3 is 5.32 Å². The van der Waals surface area contributed by atoms with Crippen LogP contribution < -0.4 is 5.32 Å². The average Bonchev–Trinajstić information content (AvgIpc) is 2.17. The lowest BCUT2D eigenvalue weighted by atomic mass is 9.72. The van der Waals surface area contributed by atoms with Gasteiger partial charge in [-0.25, -0.2) is 0 Å². The van der Waals surface area contributed by atoms with Crippen LogP contribution in [0.2, 0.25) is 0 Å². The Morgan fingerprint density at radius 1 is 1.23 bits per heavy atom. The van der Waals surface area contributed by atoms with Gasteiger partial charge in [-0.15, -0.1) is 0 Å². The molecule has 0 heterocycles. The normalized spacial score (nSPS) is 14.5. The van der Waals surface area contributed by atoms with Gasteiger partial charge >= 0.3 is 0 Å². The van der Waals surface area contributed by atoms with Crippen molar-refractivity contribution in [1.82, 2.24) is 5.32 Å². The van der Waals surface area contributed by atoms with Crippen LogP contribution >= 0.6 is 0 Å². The van der Waals surface area contributed by atoms with E-state index in [1.54, 1.807) is 0 Å². The van der Waals surface area contributed by atoms with Gasteiger partial charge in [0.25, 0.3) is 0 Å². The first-order valence-electron chi connectivity index (χ1n) is 5.75. The average molecular weight is 185 g/mol. The lowest BCUT2D eigenvalue weighted by Crippen LogP contribution is -2.24.